The number of rotatable bonds is 7. The van der Waals surface area contributed by atoms with Gasteiger partial charge in [0.1, 0.15) is 0 Å². The van der Waals surface area contributed by atoms with E-state index in [4.69, 9.17) is 16.7 Å². The third-order valence-electron chi connectivity index (χ3n) is 2.31. The van der Waals surface area contributed by atoms with Crippen molar-refractivity contribution in [3.8, 4) is 0 Å². The number of halogens is 1. The zero-order valence-corrected chi connectivity index (χ0v) is 26.3. The van der Waals surface area contributed by atoms with Gasteiger partial charge >= 0.3 is 25.4 Å². The number of hydrogen-bond donors (Lipinski definition) is 1. The summed E-state index contributed by atoms with van der Waals surface area (Å²) < 4.78 is 0. The maximum atomic E-state index is 10.3. The van der Waals surface area contributed by atoms with Crippen molar-refractivity contribution in [2.75, 3.05) is 0 Å². The Morgan fingerprint density at radius 1 is 0.606 bits per heavy atom. The molecule has 0 heterocycles. The molecule has 0 saturated heterocycles. The van der Waals surface area contributed by atoms with Crippen LogP contribution in [-0.2, 0) is 67.7 Å². The summed E-state index contributed by atoms with van der Waals surface area (Å²) in [7, 11) is 0. The van der Waals surface area contributed by atoms with Gasteiger partial charge < -0.3 is 33.9 Å². The Morgan fingerprint density at radius 2 is 0.818 bits per heavy atom. The summed E-state index contributed by atoms with van der Waals surface area (Å²) >= 11 is 5.52. The van der Waals surface area contributed by atoms with Gasteiger partial charge in [-0.3, -0.25) is 19.3 Å². The predicted octanol–water partition coefficient (Wildman–Crippen LogP) is 3.14. The topological polar surface area (TPSA) is 140 Å². The van der Waals surface area contributed by atoms with E-state index in [9.17, 15) is 33.6 Å². The molecular formula is C22H26ClO8Zn2-. The van der Waals surface area contributed by atoms with E-state index >= 15 is 0 Å². The van der Waals surface area contributed by atoms with Crippen LogP contribution in [0.5, 0.6) is 0 Å². The largest absolute Gasteiger partial charge is 2.00 e. The molecule has 1 aromatic carbocycles. The molecule has 0 fully saturated rings. The minimum absolute atomic E-state index is 0. The van der Waals surface area contributed by atoms with Crippen LogP contribution in [0.25, 0.3) is 0 Å². The number of hydrogen-bond acceptors (Lipinski definition) is 7. The Morgan fingerprint density at radius 3 is 0.939 bits per heavy atom. The molecule has 33 heavy (non-hydrogen) atoms. The van der Waals surface area contributed by atoms with Crippen LogP contribution in [0.1, 0.15) is 51.9 Å². The Labute approximate surface area is 224 Å². The molecule has 0 aliphatic heterocycles. The van der Waals surface area contributed by atoms with Crippen molar-refractivity contribution in [1.29, 1.82) is 0 Å². The van der Waals surface area contributed by atoms with Crippen molar-refractivity contribution in [2.24, 2.45) is 0 Å². The molecule has 0 unspecified atom stereocenters. The van der Waals surface area contributed by atoms with Crippen molar-refractivity contribution < 1.29 is 77.6 Å². The number of carboxylic acids is 1. The maximum absolute atomic E-state index is 10.3. The summed E-state index contributed by atoms with van der Waals surface area (Å²) in [6.45, 7) is 8.09. The molecule has 1 aromatic rings. The van der Waals surface area contributed by atoms with Crippen LogP contribution in [0.3, 0.4) is 0 Å². The van der Waals surface area contributed by atoms with Crippen LogP contribution >= 0.6 is 11.6 Å². The summed E-state index contributed by atoms with van der Waals surface area (Å²) in [5.74, 6) is -2.06. The molecule has 0 aliphatic carbocycles. The number of carbonyl (C=O) groups is 7. The van der Waals surface area contributed by atoms with Gasteiger partial charge in [-0.05, 0) is 65.8 Å². The van der Waals surface area contributed by atoms with Gasteiger partial charge in [-0.25, -0.2) is 4.79 Å². The minimum Gasteiger partial charge on any atom is -0.478 e. The molecule has 0 amide bonds. The number of Topliss-reactive ketones (excluding diaryl/α,β-unsaturated/α-hetero) is 6. The average Bonchev–Trinajstić information content (AvgIpc) is 2.52. The zero-order chi connectivity index (χ0) is 25.1. The Kier molecular flexibility index (Phi) is 30.5. The average molecular weight is 585 g/mol. The molecule has 1 rings (SSSR count). The van der Waals surface area contributed by atoms with Crippen LogP contribution in [0.4, 0.5) is 0 Å². The number of aromatic carboxylic acids is 1. The number of ketones is 6. The molecule has 174 valence electrons. The van der Waals surface area contributed by atoms with E-state index in [0.717, 1.165) is 19.3 Å². The minimum atomic E-state index is -0.934. The van der Waals surface area contributed by atoms with Crippen molar-refractivity contribution in [2.45, 2.75) is 41.5 Å². The van der Waals surface area contributed by atoms with Gasteiger partial charge in [0.15, 0.2) is 0 Å². The van der Waals surface area contributed by atoms with E-state index < -0.39 is 5.97 Å². The predicted molar refractivity (Wildman–Crippen MR) is 115 cm³/mol. The monoisotopic (exact) mass is 581 g/mol. The number of carbonyl (C=O) groups excluding carboxylic acids is 6. The van der Waals surface area contributed by atoms with Gasteiger partial charge in [-0.15, -0.1) is 0 Å². The van der Waals surface area contributed by atoms with Gasteiger partial charge in [0, 0.05) is 59.2 Å². The van der Waals surface area contributed by atoms with Crippen molar-refractivity contribution in [3.05, 3.63) is 54.1 Å². The van der Waals surface area contributed by atoms with E-state index in [1.807, 2.05) is 0 Å². The molecule has 0 aliphatic rings. The van der Waals surface area contributed by atoms with E-state index in [0.29, 0.717) is 5.02 Å². The van der Waals surface area contributed by atoms with E-state index in [-0.39, 0.29) is 79.2 Å². The molecule has 0 atom stereocenters. The molecule has 8 nitrogen and oxygen atoms in total. The van der Waals surface area contributed by atoms with Crippen molar-refractivity contribution >= 4 is 52.3 Å². The normalized spacial score (nSPS) is 7.73. The van der Waals surface area contributed by atoms with Gasteiger partial charge in [0.05, 0.1) is 5.56 Å². The first-order chi connectivity index (χ1) is 14.1. The summed E-state index contributed by atoms with van der Waals surface area (Å²) in [5, 5.41) is 8.98. The Bertz CT molecular complexity index is 692. The molecule has 0 radical (unpaired) electrons. The van der Waals surface area contributed by atoms with Gasteiger partial charge in [-0.2, -0.15) is 0 Å². The number of carboxylic acid groups (broad SMARTS) is 1. The summed E-state index contributed by atoms with van der Waals surface area (Å²) in [5.41, 5.74) is 0.254. The summed E-state index contributed by atoms with van der Waals surface area (Å²) in [4.78, 5) is 70.1. The molecule has 0 bridgehead atoms. The Hall–Kier alpha value is -2.14. The van der Waals surface area contributed by atoms with Crippen LogP contribution < -0.4 is 0 Å². The first kappa shape index (κ1) is 41.1. The smallest absolute Gasteiger partial charge is 0.478 e. The number of benzene rings is 1. The van der Waals surface area contributed by atoms with Gasteiger partial charge in [0.2, 0.25) is 0 Å². The second-order valence-electron chi connectivity index (χ2n) is 5.91. The molecule has 0 aromatic heterocycles. The van der Waals surface area contributed by atoms with E-state index in [2.05, 4.69) is 0 Å². The van der Waals surface area contributed by atoms with Crippen LogP contribution in [-0.4, -0.2) is 45.8 Å². The maximum Gasteiger partial charge on any atom is 2.00 e. The SMILES string of the molecule is CC(=O)[CH-]C(C)=O.CC(=O)[CH-]C(C)=O.CC(=O)[CH-]C(C)=O.O=C(O)c1ccc(Cl)cc1.[Zn+2].[Zn]. The van der Waals surface area contributed by atoms with Crippen LogP contribution in [0.15, 0.2) is 24.3 Å². The fourth-order valence-corrected chi connectivity index (χ4v) is 1.58. The van der Waals surface area contributed by atoms with E-state index in [1.54, 1.807) is 12.1 Å². The fourth-order valence-electron chi connectivity index (χ4n) is 1.45. The first-order valence-corrected chi connectivity index (χ1v) is 9.02. The standard InChI is InChI=1S/C7H5ClO2.3C5H7O2.2Zn/c8-6-3-1-5(2-4-6)7(9)10;3*1-4(6)3-5(2)7;;/h1-4H,(H,9,10);3*3H,1-2H3;;/q;3*-1;;+2. The zero-order valence-electron chi connectivity index (χ0n) is 19.6. The molecular weight excluding hydrogens is 558 g/mol. The molecule has 0 saturated carbocycles. The fraction of sp³-hybridized carbons (Fsp3) is 0.273. The van der Waals surface area contributed by atoms with Crippen LogP contribution in [0.2, 0.25) is 5.02 Å². The molecule has 11 heteroatoms. The summed E-state index contributed by atoms with van der Waals surface area (Å²) in [6, 6.07) is 6.02. The second-order valence-corrected chi connectivity index (χ2v) is 6.35. The Balaban J connectivity index is -0.000000105. The van der Waals surface area contributed by atoms with E-state index in [1.165, 1.54) is 53.7 Å². The third kappa shape index (κ3) is 40.7. The first-order valence-electron chi connectivity index (χ1n) is 8.64. The molecule has 1 N–H and O–H groups in total. The quantitative estimate of drug-likeness (QED) is 0.293. The van der Waals surface area contributed by atoms with Gasteiger partial charge in [0.25, 0.3) is 0 Å². The van der Waals surface area contributed by atoms with Crippen LogP contribution in [0, 0.1) is 19.3 Å². The van der Waals surface area contributed by atoms with Crippen molar-refractivity contribution in [1.82, 2.24) is 0 Å². The summed E-state index contributed by atoms with van der Waals surface area (Å²) in [6.07, 6.45) is 3.17. The molecule has 0 spiro atoms. The third-order valence-corrected chi connectivity index (χ3v) is 2.56. The van der Waals surface area contributed by atoms with Gasteiger partial charge in [-0.1, -0.05) is 11.6 Å². The second kappa shape index (κ2) is 24.5. The van der Waals surface area contributed by atoms with Crippen molar-refractivity contribution in [3.63, 3.8) is 0 Å².